The lowest BCUT2D eigenvalue weighted by Gasteiger charge is -2.35. The van der Waals surface area contributed by atoms with Crippen LogP contribution in [0.25, 0.3) is 0 Å². The van der Waals surface area contributed by atoms with E-state index in [2.05, 4.69) is 28.0 Å². The summed E-state index contributed by atoms with van der Waals surface area (Å²) in [5, 5.41) is 2.96. The molecule has 2 fully saturated rings. The SMILES string of the molecule is CC1CC(N2CCC(NC(=O)Cc3cccc(C(F)(F)F)c3)CC2)NN1. The third-order valence-corrected chi connectivity index (χ3v) is 5.03. The molecule has 2 heterocycles. The van der Waals surface area contributed by atoms with E-state index in [1.165, 1.54) is 6.07 Å². The van der Waals surface area contributed by atoms with Gasteiger partial charge in [0.25, 0.3) is 0 Å². The van der Waals surface area contributed by atoms with Crippen molar-refractivity contribution >= 4 is 5.91 Å². The van der Waals surface area contributed by atoms with Gasteiger partial charge in [0.2, 0.25) is 5.91 Å². The monoisotopic (exact) mass is 370 g/mol. The van der Waals surface area contributed by atoms with Crippen LogP contribution in [0.15, 0.2) is 24.3 Å². The summed E-state index contributed by atoms with van der Waals surface area (Å²) in [7, 11) is 0. The van der Waals surface area contributed by atoms with E-state index < -0.39 is 11.7 Å². The third-order valence-electron chi connectivity index (χ3n) is 5.03. The maximum atomic E-state index is 12.8. The van der Waals surface area contributed by atoms with E-state index in [0.717, 1.165) is 44.5 Å². The lowest BCUT2D eigenvalue weighted by atomic mass is 10.0. The van der Waals surface area contributed by atoms with Gasteiger partial charge in [-0.25, -0.2) is 5.43 Å². The van der Waals surface area contributed by atoms with Crippen molar-refractivity contribution in [2.45, 2.75) is 57.0 Å². The van der Waals surface area contributed by atoms with Gasteiger partial charge in [-0.15, -0.1) is 0 Å². The molecule has 3 rings (SSSR count). The molecule has 2 atom stereocenters. The number of nitrogens with zero attached hydrogens (tertiary/aromatic N) is 1. The van der Waals surface area contributed by atoms with Gasteiger partial charge in [0.15, 0.2) is 0 Å². The van der Waals surface area contributed by atoms with Crippen molar-refractivity contribution in [2.75, 3.05) is 13.1 Å². The summed E-state index contributed by atoms with van der Waals surface area (Å²) in [6.45, 7) is 3.91. The Morgan fingerprint density at radius 3 is 2.62 bits per heavy atom. The molecule has 3 N–H and O–H groups in total. The number of carbonyl (C=O) groups is 1. The highest BCUT2D eigenvalue weighted by Crippen LogP contribution is 2.29. The normalized spacial score (nSPS) is 25.4. The van der Waals surface area contributed by atoms with Crippen LogP contribution >= 0.6 is 0 Å². The van der Waals surface area contributed by atoms with Gasteiger partial charge in [-0.2, -0.15) is 13.2 Å². The molecule has 0 spiro atoms. The van der Waals surface area contributed by atoms with Crippen molar-refractivity contribution < 1.29 is 18.0 Å². The van der Waals surface area contributed by atoms with Crippen LogP contribution in [0.4, 0.5) is 13.2 Å². The van der Waals surface area contributed by atoms with Crippen molar-refractivity contribution in [3.05, 3.63) is 35.4 Å². The number of alkyl halides is 3. The molecule has 1 aromatic rings. The second-order valence-electron chi connectivity index (χ2n) is 7.19. The predicted octanol–water partition coefficient (Wildman–Crippen LogP) is 2.04. The molecule has 0 radical (unpaired) electrons. The van der Waals surface area contributed by atoms with E-state index in [1.54, 1.807) is 6.07 Å². The molecule has 0 bridgehead atoms. The van der Waals surface area contributed by atoms with Gasteiger partial charge in [0.1, 0.15) is 0 Å². The second kappa shape index (κ2) is 7.94. The number of amides is 1. The van der Waals surface area contributed by atoms with Crippen LogP contribution in [0.5, 0.6) is 0 Å². The van der Waals surface area contributed by atoms with Gasteiger partial charge in [0, 0.05) is 25.2 Å². The number of hydrogen-bond donors (Lipinski definition) is 3. The van der Waals surface area contributed by atoms with Gasteiger partial charge >= 0.3 is 6.18 Å². The van der Waals surface area contributed by atoms with Crippen LogP contribution in [0.1, 0.15) is 37.3 Å². The zero-order chi connectivity index (χ0) is 18.7. The predicted molar refractivity (Wildman–Crippen MR) is 92.0 cm³/mol. The quantitative estimate of drug-likeness (QED) is 0.759. The first-order valence-corrected chi connectivity index (χ1v) is 9.02. The fraction of sp³-hybridized carbons (Fsp3) is 0.611. The molecule has 2 saturated heterocycles. The van der Waals surface area contributed by atoms with Crippen LogP contribution in [-0.2, 0) is 17.4 Å². The number of benzene rings is 1. The van der Waals surface area contributed by atoms with E-state index >= 15 is 0 Å². The number of piperidine rings is 1. The molecule has 2 aliphatic rings. The van der Waals surface area contributed by atoms with Crippen LogP contribution in [-0.4, -0.2) is 42.1 Å². The van der Waals surface area contributed by atoms with Crippen LogP contribution in [0, 0.1) is 0 Å². The third kappa shape index (κ3) is 4.96. The number of hydrazine groups is 1. The number of carbonyl (C=O) groups excluding carboxylic acids is 1. The largest absolute Gasteiger partial charge is 0.416 e. The average molecular weight is 370 g/mol. The standard InChI is InChI=1S/C18H25F3N4O/c1-12-9-16(24-23-12)25-7-5-15(6-8-25)22-17(26)11-13-3-2-4-14(10-13)18(19,20)21/h2-4,10,12,15-16,23-24H,5-9,11H2,1H3,(H,22,26). The number of hydrogen-bond acceptors (Lipinski definition) is 4. The molecular weight excluding hydrogens is 345 g/mol. The van der Waals surface area contributed by atoms with E-state index in [9.17, 15) is 18.0 Å². The smallest absolute Gasteiger partial charge is 0.353 e. The Bertz CT molecular complexity index is 629. The molecule has 2 unspecified atom stereocenters. The summed E-state index contributed by atoms with van der Waals surface area (Å²) in [5.74, 6) is -0.225. The maximum Gasteiger partial charge on any atom is 0.416 e. The second-order valence-corrected chi connectivity index (χ2v) is 7.19. The van der Waals surface area contributed by atoms with E-state index in [4.69, 9.17) is 0 Å². The Kier molecular flexibility index (Phi) is 5.84. The molecule has 5 nitrogen and oxygen atoms in total. The van der Waals surface area contributed by atoms with Crippen molar-refractivity contribution in [2.24, 2.45) is 0 Å². The minimum absolute atomic E-state index is 0.0320. The molecule has 26 heavy (non-hydrogen) atoms. The van der Waals surface area contributed by atoms with E-state index in [0.29, 0.717) is 17.8 Å². The summed E-state index contributed by atoms with van der Waals surface area (Å²) in [6, 6.07) is 5.48. The summed E-state index contributed by atoms with van der Waals surface area (Å²) in [5.41, 5.74) is 6.15. The molecule has 8 heteroatoms. The highest BCUT2D eigenvalue weighted by atomic mass is 19.4. The summed E-state index contributed by atoms with van der Waals surface area (Å²) in [6.07, 6.45) is -1.35. The Balaban J connectivity index is 1.46. The first-order valence-electron chi connectivity index (χ1n) is 9.02. The zero-order valence-electron chi connectivity index (χ0n) is 14.8. The number of halogens is 3. The van der Waals surface area contributed by atoms with E-state index in [-0.39, 0.29) is 18.4 Å². The van der Waals surface area contributed by atoms with Gasteiger partial charge in [-0.05, 0) is 37.8 Å². The van der Waals surface area contributed by atoms with Crippen molar-refractivity contribution in [1.82, 2.24) is 21.1 Å². The minimum Gasteiger partial charge on any atom is -0.353 e. The van der Waals surface area contributed by atoms with Crippen molar-refractivity contribution in [3.8, 4) is 0 Å². The van der Waals surface area contributed by atoms with Gasteiger partial charge in [0.05, 0.1) is 18.2 Å². The summed E-state index contributed by atoms with van der Waals surface area (Å²) < 4.78 is 38.3. The van der Waals surface area contributed by atoms with Gasteiger partial charge in [-0.1, -0.05) is 18.2 Å². The average Bonchev–Trinajstić information content (AvgIpc) is 3.01. The molecule has 0 saturated carbocycles. The van der Waals surface area contributed by atoms with Gasteiger partial charge < -0.3 is 5.32 Å². The fourth-order valence-electron chi connectivity index (χ4n) is 3.61. The Morgan fingerprint density at radius 1 is 1.27 bits per heavy atom. The van der Waals surface area contributed by atoms with Crippen LogP contribution in [0.3, 0.4) is 0 Å². The van der Waals surface area contributed by atoms with Gasteiger partial charge in [-0.3, -0.25) is 15.1 Å². The molecule has 1 aromatic carbocycles. The molecule has 0 aromatic heterocycles. The number of likely N-dealkylation sites (tertiary alicyclic amines) is 1. The first kappa shape index (κ1) is 19.1. The number of rotatable bonds is 4. The molecule has 1 amide bonds. The summed E-state index contributed by atoms with van der Waals surface area (Å²) >= 11 is 0. The molecule has 144 valence electrons. The highest BCUT2D eigenvalue weighted by molar-refractivity contribution is 5.78. The Morgan fingerprint density at radius 2 is 2.00 bits per heavy atom. The Labute approximate surface area is 151 Å². The van der Waals surface area contributed by atoms with Crippen LogP contribution in [0.2, 0.25) is 0 Å². The molecular formula is C18H25F3N4O. The maximum absolute atomic E-state index is 12.8. The first-order chi connectivity index (χ1) is 12.3. The van der Waals surface area contributed by atoms with Crippen LogP contribution < -0.4 is 16.2 Å². The highest BCUT2D eigenvalue weighted by Gasteiger charge is 2.31. The van der Waals surface area contributed by atoms with E-state index in [1.807, 2.05) is 0 Å². The summed E-state index contributed by atoms with van der Waals surface area (Å²) in [4.78, 5) is 14.6. The molecule has 2 aliphatic heterocycles. The van der Waals surface area contributed by atoms with Crippen molar-refractivity contribution in [3.63, 3.8) is 0 Å². The Hall–Kier alpha value is -1.64. The fourth-order valence-corrected chi connectivity index (χ4v) is 3.61. The zero-order valence-corrected chi connectivity index (χ0v) is 14.8. The minimum atomic E-state index is -4.39. The lowest BCUT2D eigenvalue weighted by Crippen LogP contribution is -2.51. The lowest BCUT2D eigenvalue weighted by molar-refractivity contribution is -0.137. The molecule has 0 aliphatic carbocycles. The van der Waals surface area contributed by atoms with Crippen molar-refractivity contribution in [1.29, 1.82) is 0 Å². The number of nitrogens with one attached hydrogen (secondary N) is 3. The topological polar surface area (TPSA) is 56.4 Å².